The Morgan fingerprint density at radius 1 is 1.35 bits per heavy atom. The van der Waals surface area contributed by atoms with E-state index in [1.807, 2.05) is 0 Å². The van der Waals surface area contributed by atoms with Crippen LogP contribution in [0.1, 0.15) is 25.7 Å². The van der Waals surface area contributed by atoms with Gasteiger partial charge in [0.25, 0.3) is 0 Å². The maximum atomic E-state index is 13.7. The van der Waals surface area contributed by atoms with E-state index in [0.717, 1.165) is 31.9 Å². The fraction of sp³-hybridized carbons (Fsp3) is 0.615. The van der Waals surface area contributed by atoms with Gasteiger partial charge in [-0.25, -0.2) is 9.37 Å². The molecule has 3 aliphatic rings. The zero-order valence-electron chi connectivity index (χ0n) is 10.7. The molecule has 1 aromatic heterocycles. The first-order valence-electron chi connectivity index (χ1n) is 6.73. The van der Waals surface area contributed by atoms with Crippen molar-refractivity contribution in [1.82, 2.24) is 9.97 Å². The third-order valence-corrected chi connectivity index (χ3v) is 4.70. The van der Waals surface area contributed by atoms with Gasteiger partial charge in [-0.15, -0.1) is 0 Å². The number of aliphatic carboxylic acids is 1. The highest BCUT2D eigenvalue weighted by Crippen LogP contribution is 2.46. The number of carboxylic acid groups (broad SMARTS) is 1. The van der Waals surface area contributed by atoms with Gasteiger partial charge in [-0.3, -0.25) is 4.79 Å². The smallest absolute Gasteiger partial charge is 0.308 e. The molecule has 3 fully saturated rings. The number of anilines is 1. The highest BCUT2D eigenvalue weighted by Gasteiger charge is 2.47. The molecule has 108 valence electrons. The van der Waals surface area contributed by atoms with Crippen LogP contribution < -0.4 is 5.32 Å². The summed E-state index contributed by atoms with van der Waals surface area (Å²) >= 11 is 5.67. The van der Waals surface area contributed by atoms with Gasteiger partial charge in [0.2, 0.25) is 5.28 Å². The SMILES string of the molecule is O=C(O)C1C(Nc2nc(Cl)ncc2F)[C@H]2CC[C@@H]1CC2. The molecule has 0 radical (unpaired) electrons. The highest BCUT2D eigenvalue weighted by atomic mass is 35.5. The van der Waals surface area contributed by atoms with Crippen LogP contribution in [0.2, 0.25) is 5.28 Å². The molecule has 1 aromatic rings. The predicted molar refractivity (Wildman–Crippen MR) is 71.0 cm³/mol. The van der Waals surface area contributed by atoms with Crippen molar-refractivity contribution in [3.8, 4) is 0 Å². The normalized spacial score (nSPS) is 32.1. The second-order valence-corrected chi connectivity index (χ2v) is 5.88. The van der Waals surface area contributed by atoms with Gasteiger partial charge in [-0.2, -0.15) is 4.98 Å². The van der Waals surface area contributed by atoms with Gasteiger partial charge < -0.3 is 10.4 Å². The summed E-state index contributed by atoms with van der Waals surface area (Å²) in [6.45, 7) is 0. The fourth-order valence-corrected chi connectivity index (χ4v) is 3.75. The predicted octanol–water partition coefficient (Wildman–Crippen LogP) is 2.57. The number of carboxylic acids is 1. The van der Waals surface area contributed by atoms with Crippen molar-refractivity contribution in [2.45, 2.75) is 31.7 Å². The maximum Gasteiger partial charge on any atom is 0.308 e. The molecule has 0 aromatic carbocycles. The van der Waals surface area contributed by atoms with Gasteiger partial charge in [0.1, 0.15) is 0 Å². The van der Waals surface area contributed by atoms with E-state index in [-0.39, 0.29) is 29.0 Å². The lowest BCUT2D eigenvalue weighted by molar-refractivity contribution is -0.148. The second kappa shape index (κ2) is 5.16. The summed E-state index contributed by atoms with van der Waals surface area (Å²) in [7, 11) is 0. The Bertz CT molecular complexity index is 534. The lowest BCUT2D eigenvalue weighted by Crippen LogP contribution is -2.51. The standard InChI is InChI=1S/C13H15ClFN3O2/c14-13-16-5-8(15)11(18-13)17-10-7-3-1-6(2-4-7)9(10)12(19)20/h5-7,9-10H,1-4H2,(H,19,20)(H,16,17,18)/t6-,7+,9?,10?. The molecule has 2 atom stereocenters. The number of nitrogens with one attached hydrogen (secondary N) is 1. The van der Waals surface area contributed by atoms with Crippen LogP contribution in [0.4, 0.5) is 10.2 Å². The summed E-state index contributed by atoms with van der Waals surface area (Å²) < 4.78 is 13.7. The van der Waals surface area contributed by atoms with Gasteiger partial charge >= 0.3 is 5.97 Å². The second-order valence-electron chi connectivity index (χ2n) is 5.54. The first-order chi connectivity index (χ1) is 9.56. The molecule has 4 rings (SSSR count). The van der Waals surface area contributed by atoms with E-state index < -0.39 is 17.7 Å². The summed E-state index contributed by atoms with van der Waals surface area (Å²) in [5.41, 5.74) is 0. The summed E-state index contributed by atoms with van der Waals surface area (Å²) in [6.07, 6.45) is 4.83. The maximum absolute atomic E-state index is 13.7. The number of nitrogens with zero attached hydrogens (tertiary/aromatic N) is 2. The third kappa shape index (κ3) is 2.32. The molecular weight excluding hydrogens is 285 g/mol. The monoisotopic (exact) mass is 299 g/mol. The van der Waals surface area contributed by atoms with Crippen molar-refractivity contribution in [3.63, 3.8) is 0 Å². The average Bonchev–Trinajstić information content (AvgIpc) is 2.43. The Labute approximate surface area is 120 Å². The van der Waals surface area contributed by atoms with E-state index in [0.29, 0.717) is 0 Å². The molecule has 20 heavy (non-hydrogen) atoms. The Morgan fingerprint density at radius 3 is 2.65 bits per heavy atom. The summed E-state index contributed by atoms with van der Waals surface area (Å²) in [5, 5.41) is 12.3. The van der Waals surface area contributed by atoms with E-state index in [9.17, 15) is 14.3 Å². The first kappa shape index (κ1) is 13.5. The van der Waals surface area contributed by atoms with Crippen molar-refractivity contribution in [2.24, 2.45) is 17.8 Å². The van der Waals surface area contributed by atoms with Gasteiger partial charge in [0, 0.05) is 6.04 Å². The molecule has 0 saturated heterocycles. The first-order valence-corrected chi connectivity index (χ1v) is 7.11. The van der Waals surface area contributed by atoms with E-state index in [1.165, 1.54) is 0 Å². The molecule has 2 unspecified atom stereocenters. The minimum atomic E-state index is -0.822. The number of carbonyl (C=O) groups is 1. The van der Waals surface area contributed by atoms with E-state index in [2.05, 4.69) is 15.3 Å². The Hall–Kier alpha value is -1.43. The van der Waals surface area contributed by atoms with Crippen molar-refractivity contribution in [1.29, 1.82) is 0 Å². The molecule has 2 N–H and O–H groups in total. The van der Waals surface area contributed by atoms with Crippen LogP contribution in [-0.2, 0) is 4.79 Å². The van der Waals surface area contributed by atoms with Crippen LogP contribution in [0.25, 0.3) is 0 Å². The van der Waals surface area contributed by atoms with Gasteiger partial charge in [-0.05, 0) is 49.1 Å². The largest absolute Gasteiger partial charge is 0.481 e. The number of fused-ring (bicyclic) bond motifs is 3. The summed E-state index contributed by atoms with van der Waals surface area (Å²) in [4.78, 5) is 18.9. The van der Waals surface area contributed by atoms with Crippen LogP contribution in [0.3, 0.4) is 0 Å². The zero-order chi connectivity index (χ0) is 14.3. The van der Waals surface area contributed by atoms with Crippen molar-refractivity contribution in [2.75, 3.05) is 5.32 Å². The van der Waals surface area contributed by atoms with E-state index in [4.69, 9.17) is 11.6 Å². The lowest BCUT2D eigenvalue weighted by Gasteiger charge is -2.47. The lowest BCUT2D eigenvalue weighted by atomic mass is 9.61. The molecule has 1 heterocycles. The van der Waals surface area contributed by atoms with E-state index >= 15 is 0 Å². The number of aromatic nitrogens is 2. The molecule has 0 amide bonds. The summed E-state index contributed by atoms with van der Waals surface area (Å²) in [5.74, 6) is -1.52. The molecule has 0 aliphatic heterocycles. The van der Waals surface area contributed by atoms with Crippen LogP contribution in [0, 0.1) is 23.6 Å². The van der Waals surface area contributed by atoms with Gasteiger partial charge in [0.05, 0.1) is 12.1 Å². The number of hydrogen-bond donors (Lipinski definition) is 2. The minimum Gasteiger partial charge on any atom is -0.481 e. The van der Waals surface area contributed by atoms with Gasteiger partial charge in [0.15, 0.2) is 11.6 Å². The molecule has 3 aliphatic carbocycles. The number of rotatable bonds is 3. The van der Waals surface area contributed by atoms with Crippen LogP contribution >= 0.6 is 11.6 Å². The molecule has 5 nitrogen and oxygen atoms in total. The van der Waals surface area contributed by atoms with Crippen molar-refractivity contribution >= 4 is 23.4 Å². The molecule has 0 spiro atoms. The molecular formula is C13H15ClFN3O2. The molecule has 3 saturated carbocycles. The Kier molecular flexibility index (Phi) is 3.50. The van der Waals surface area contributed by atoms with Crippen LogP contribution in [0.5, 0.6) is 0 Å². The van der Waals surface area contributed by atoms with Crippen LogP contribution in [0.15, 0.2) is 6.20 Å². The molecule has 7 heteroatoms. The quantitative estimate of drug-likeness (QED) is 0.839. The number of halogens is 2. The van der Waals surface area contributed by atoms with Crippen LogP contribution in [-0.4, -0.2) is 27.1 Å². The highest BCUT2D eigenvalue weighted by molar-refractivity contribution is 6.28. The Morgan fingerprint density at radius 2 is 2.00 bits per heavy atom. The fourth-order valence-electron chi connectivity index (χ4n) is 3.62. The van der Waals surface area contributed by atoms with Crippen molar-refractivity contribution in [3.05, 3.63) is 17.3 Å². The average molecular weight is 300 g/mol. The number of hydrogen-bond acceptors (Lipinski definition) is 4. The van der Waals surface area contributed by atoms with E-state index in [1.54, 1.807) is 0 Å². The van der Waals surface area contributed by atoms with Crippen molar-refractivity contribution < 1.29 is 14.3 Å². The third-order valence-electron chi connectivity index (χ3n) is 4.52. The molecule has 2 bridgehead atoms. The zero-order valence-corrected chi connectivity index (χ0v) is 11.5. The Balaban J connectivity index is 1.87. The minimum absolute atomic E-state index is 0.00574. The van der Waals surface area contributed by atoms with Gasteiger partial charge in [-0.1, -0.05) is 0 Å². The topological polar surface area (TPSA) is 75.1 Å². The summed E-state index contributed by atoms with van der Waals surface area (Å²) in [6, 6.07) is -0.291.